The molecule has 0 saturated carbocycles. The minimum Gasteiger partial charge on any atom is -0.0908 e. The average Bonchev–Trinajstić information content (AvgIpc) is 2.09. The Labute approximate surface area is 85.0 Å². The van der Waals surface area contributed by atoms with Crippen molar-refractivity contribution in [3.63, 3.8) is 0 Å². The largest absolute Gasteiger partial charge is 0.0946 e. The van der Waals surface area contributed by atoms with E-state index in [1.165, 1.54) is 5.54 Å². The van der Waals surface area contributed by atoms with E-state index in [-0.39, 0.29) is 0 Å². The molecule has 3 heteroatoms. The number of benzene rings is 1. The van der Waals surface area contributed by atoms with E-state index >= 15 is 0 Å². The van der Waals surface area contributed by atoms with Crippen LogP contribution in [0.4, 0.5) is 0 Å². The fourth-order valence-electron chi connectivity index (χ4n) is 0.385. The van der Waals surface area contributed by atoms with Gasteiger partial charge in [0.2, 0.25) is 0 Å². The summed E-state index contributed by atoms with van der Waals surface area (Å²) in [5.74, 6) is 0. The highest BCUT2D eigenvalue weighted by Gasteiger charge is 1.69. The number of hydrogen-bond acceptors (Lipinski definition) is 0. The molecule has 0 atom stereocenters. The monoisotopic (exact) mass is 252 g/mol. The molecule has 0 bridgehead atoms. The van der Waals surface area contributed by atoms with Gasteiger partial charge in [0.25, 0.3) is 0 Å². The van der Waals surface area contributed by atoms with Crippen LogP contribution in [0.3, 0.4) is 0 Å². The molecule has 0 unspecified atom stereocenters. The Hall–Kier alpha value is 0.0200. The van der Waals surface area contributed by atoms with Crippen LogP contribution < -0.4 is 0 Å². The van der Waals surface area contributed by atoms with E-state index in [2.05, 4.69) is 15.9 Å². The molecule has 0 spiro atoms. The zero-order valence-corrected chi connectivity index (χ0v) is 8.77. The van der Waals surface area contributed by atoms with Gasteiger partial charge in [-0.3, -0.25) is 0 Å². The van der Waals surface area contributed by atoms with E-state index in [0.29, 0.717) is 3.94 Å². The first-order valence-electron chi connectivity index (χ1n) is 2.88. The van der Waals surface area contributed by atoms with E-state index in [1.807, 2.05) is 36.4 Å². The SMILES string of the molecule is Cl/C=C(\Cl)Br.c1ccccc1. The Kier molecular flexibility index (Phi) is 8.13. The molecule has 0 amide bonds. The van der Waals surface area contributed by atoms with Crippen molar-refractivity contribution >= 4 is 39.1 Å². The third-order valence-corrected chi connectivity index (χ3v) is 1.68. The van der Waals surface area contributed by atoms with Crippen molar-refractivity contribution in [3.05, 3.63) is 45.9 Å². The zero-order valence-electron chi connectivity index (χ0n) is 5.68. The number of hydrogen-bond donors (Lipinski definition) is 0. The maximum absolute atomic E-state index is 5.11. The maximum Gasteiger partial charge on any atom is 0.0946 e. The molecule has 0 aliphatic rings. The molecular formula is C8H7BrCl2. The second-order valence-electron chi connectivity index (χ2n) is 1.55. The summed E-state index contributed by atoms with van der Waals surface area (Å²) in [6, 6.07) is 12.0. The molecule has 0 aliphatic carbocycles. The van der Waals surface area contributed by atoms with Crippen molar-refractivity contribution < 1.29 is 0 Å². The molecule has 1 aromatic rings. The van der Waals surface area contributed by atoms with Crippen molar-refractivity contribution in [1.82, 2.24) is 0 Å². The van der Waals surface area contributed by atoms with Gasteiger partial charge < -0.3 is 0 Å². The number of rotatable bonds is 0. The van der Waals surface area contributed by atoms with Gasteiger partial charge in [0, 0.05) is 5.54 Å². The van der Waals surface area contributed by atoms with Crippen LogP contribution in [0.2, 0.25) is 0 Å². The molecule has 0 aromatic heterocycles. The fraction of sp³-hybridized carbons (Fsp3) is 0. The van der Waals surface area contributed by atoms with Crippen LogP contribution >= 0.6 is 39.1 Å². The molecule has 0 radical (unpaired) electrons. The van der Waals surface area contributed by atoms with Crippen LogP contribution in [0.15, 0.2) is 45.9 Å². The van der Waals surface area contributed by atoms with Gasteiger partial charge in [-0.2, -0.15) is 0 Å². The van der Waals surface area contributed by atoms with Crippen LogP contribution in [0.5, 0.6) is 0 Å². The lowest BCUT2D eigenvalue weighted by Crippen LogP contribution is -1.47. The molecule has 0 heterocycles. The lowest BCUT2D eigenvalue weighted by Gasteiger charge is -1.69. The summed E-state index contributed by atoms with van der Waals surface area (Å²) >= 11 is 13.0. The van der Waals surface area contributed by atoms with Crippen molar-refractivity contribution in [1.29, 1.82) is 0 Å². The van der Waals surface area contributed by atoms with Crippen LogP contribution in [-0.2, 0) is 0 Å². The van der Waals surface area contributed by atoms with Crippen LogP contribution in [0, 0.1) is 0 Å². The lowest BCUT2D eigenvalue weighted by atomic mass is 10.4. The van der Waals surface area contributed by atoms with E-state index in [0.717, 1.165) is 0 Å². The normalized spacial score (nSPS) is 9.91. The third-order valence-electron chi connectivity index (χ3n) is 0.749. The third kappa shape index (κ3) is 10.0. The summed E-state index contributed by atoms with van der Waals surface area (Å²) in [6.07, 6.45) is 0. The van der Waals surface area contributed by atoms with E-state index in [9.17, 15) is 0 Å². The van der Waals surface area contributed by atoms with E-state index < -0.39 is 0 Å². The Morgan fingerprint density at radius 3 is 1.27 bits per heavy atom. The predicted octanol–water partition coefficient (Wildman–Crippen LogP) is 4.34. The second-order valence-corrected chi connectivity index (χ2v) is 3.49. The first kappa shape index (κ1) is 11.0. The standard InChI is InChI=1S/C6H6.C2HBrCl2/c1-2-4-6-5-3-1;3-2(5)1-4/h1-6H;1H/b;2-1-. The quantitative estimate of drug-likeness (QED) is 0.645. The summed E-state index contributed by atoms with van der Waals surface area (Å²) < 4.78 is 0.430. The van der Waals surface area contributed by atoms with Gasteiger partial charge in [0.05, 0.1) is 3.94 Å². The topological polar surface area (TPSA) is 0 Å². The molecule has 0 fully saturated rings. The summed E-state index contributed by atoms with van der Waals surface area (Å²) in [7, 11) is 0. The van der Waals surface area contributed by atoms with Crippen molar-refractivity contribution in [2.75, 3.05) is 0 Å². The molecule has 0 aliphatic heterocycles. The smallest absolute Gasteiger partial charge is 0.0908 e. The Balaban J connectivity index is 0.000000187. The van der Waals surface area contributed by atoms with Crippen molar-refractivity contribution in [3.8, 4) is 0 Å². The predicted molar refractivity (Wildman–Crippen MR) is 55.2 cm³/mol. The van der Waals surface area contributed by atoms with E-state index in [4.69, 9.17) is 23.2 Å². The molecular weight excluding hydrogens is 247 g/mol. The van der Waals surface area contributed by atoms with Gasteiger partial charge in [-0.15, -0.1) is 0 Å². The highest BCUT2D eigenvalue weighted by atomic mass is 79.9. The highest BCUT2D eigenvalue weighted by Crippen LogP contribution is 2.09. The van der Waals surface area contributed by atoms with Gasteiger partial charge in [-0.25, -0.2) is 0 Å². The van der Waals surface area contributed by atoms with Crippen LogP contribution in [-0.4, -0.2) is 0 Å². The van der Waals surface area contributed by atoms with Gasteiger partial charge in [0.15, 0.2) is 0 Å². The molecule has 0 saturated heterocycles. The summed E-state index contributed by atoms with van der Waals surface area (Å²) in [5.41, 5.74) is 1.24. The molecule has 1 rings (SSSR count). The fourth-order valence-corrected chi connectivity index (χ4v) is 0.385. The summed E-state index contributed by atoms with van der Waals surface area (Å²) in [6.45, 7) is 0. The van der Waals surface area contributed by atoms with Crippen LogP contribution in [0.25, 0.3) is 0 Å². The maximum atomic E-state index is 5.11. The van der Waals surface area contributed by atoms with E-state index in [1.54, 1.807) is 0 Å². The summed E-state index contributed by atoms with van der Waals surface area (Å²) in [5, 5.41) is 0. The molecule has 60 valence electrons. The Bertz CT molecular complexity index is 166. The highest BCUT2D eigenvalue weighted by molar-refractivity contribution is 9.12. The van der Waals surface area contributed by atoms with Gasteiger partial charge in [0.1, 0.15) is 0 Å². The van der Waals surface area contributed by atoms with Crippen molar-refractivity contribution in [2.24, 2.45) is 0 Å². The lowest BCUT2D eigenvalue weighted by molar-refractivity contribution is 1.72. The first-order chi connectivity index (χ1) is 5.27. The van der Waals surface area contributed by atoms with Gasteiger partial charge in [-0.05, 0) is 15.9 Å². The molecule has 0 nitrogen and oxygen atoms in total. The molecule has 1 aromatic carbocycles. The Morgan fingerprint density at radius 1 is 1.00 bits per heavy atom. The minimum absolute atomic E-state index is 0.430. The van der Waals surface area contributed by atoms with Gasteiger partial charge >= 0.3 is 0 Å². The first-order valence-corrected chi connectivity index (χ1v) is 4.49. The Morgan fingerprint density at radius 2 is 1.18 bits per heavy atom. The van der Waals surface area contributed by atoms with Gasteiger partial charge in [-0.1, -0.05) is 59.6 Å². The van der Waals surface area contributed by atoms with Crippen LogP contribution in [0.1, 0.15) is 0 Å². The second kappa shape index (κ2) is 8.12. The van der Waals surface area contributed by atoms with Crippen molar-refractivity contribution in [2.45, 2.75) is 0 Å². The molecule has 11 heavy (non-hydrogen) atoms. The minimum atomic E-state index is 0.430. The average molecular weight is 254 g/mol. The molecule has 0 N–H and O–H groups in total. The zero-order chi connectivity index (χ0) is 8.53. The number of halogens is 3. The summed E-state index contributed by atoms with van der Waals surface area (Å²) in [4.78, 5) is 0.